The Morgan fingerprint density at radius 2 is 0.542 bits per heavy atom. The number of nitrogens with two attached hydrogens (primary N) is 1. The quantitative estimate of drug-likeness (QED) is 0.0176. The minimum Gasteiger partial charge on any atom is -0.400 e. The number of hydrogen-bond donors (Lipinski definition) is 6. The minimum atomic E-state index is -6.28. The van der Waals surface area contributed by atoms with Crippen molar-refractivity contribution in [3.63, 3.8) is 0 Å². The first-order valence-corrected chi connectivity index (χ1v) is 41.7. The van der Waals surface area contributed by atoms with Crippen LogP contribution >= 0.6 is 0 Å². The molecule has 144 heavy (non-hydrogen) atoms. The molecule has 1 aliphatic rings. The van der Waals surface area contributed by atoms with Crippen molar-refractivity contribution in [1.29, 1.82) is 0 Å². The number of ether oxygens (including phenoxy) is 1. The van der Waals surface area contributed by atoms with Gasteiger partial charge in [-0.2, -0.15) is 79.0 Å². The van der Waals surface area contributed by atoms with Crippen LogP contribution in [0.1, 0.15) is 86.0 Å². The van der Waals surface area contributed by atoms with Crippen LogP contribution in [0.3, 0.4) is 0 Å². The third-order valence-corrected chi connectivity index (χ3v) is 20.0. The molecule has 0 aromatic heterocycles. The normalized spacial score (nSPS) is 14.3. The van der Waals surface area contributed by atoms with Crippen molar-refractivity contribution in [2.45, 2.75) is 148 Å². The maximum Gasteiger partial charge on any atom is 3.00 e. The van der Waals surface area contributed by atoms with E-state index in [1.54, 1.807) is 109 Å². The van der Waals surface area contributed by atoms with Crippen LogP contribution in [0.2, 0.25) is 0 Å². The van der Waals surface area contributed by atoms with E-state index in [9.17, 15) is 169 Å². The molecular formula is C88H79F33N3O16S3Yb. The summed E-state index contributed by atoms with van der Waals surface area (Å²) in [7, 11) is -5.46. The first-order chi connectivity index (χ1) is 65.7. The average molecular weight is 2330 g/mol. The van der Waals surface area contributed by atoms with E-state index in [-0.39, 0.29) is 99.6 Å². The molecule has 6 atom stereocenters. The number of aryl methyl sites for hydroxylation is 3. The Kier molecular flexibility index (Phi) is 56.2. The number of hydrogen-bond acceptors (Lipinski definition) is 19. The number of likely N-dealkylation sites (N-methyl/N-ethyl adjacent to an activating group) is 2. The fraction of sp³-hybridized carbons (Fsp3) is 0.318. The van der Waals surface area contributed by atoms with E-state index in [2.05, 4.69) is 10.5 Å². The molecule has 1 fully saturated rings. The molecule has 0 bridgehead atoms. The molecule has 0 spiro atoms. The summed E-state index contributed by atoms with van der Waals surface area (Å²) in [5.41, 5.74) is -12.6. The fourth-order valence-corrected chi connectivity index (χ4v) is 14.5. The number of ketones is 3. The molecule has 1 radical (unpaired) electrons. The molecule has 0 aliphatic carbocycles. The molecule has 9 aromatic rings. The van der Waals surface area contributed by atoms with Gasteiger partial charge in [-0.25, -0.2) is 26.3 Å². The predicted molar refractivity (Wildman–Crippen MR) is 441 cm³/mol. The van der Waals surface area contributed by atoms with E-state index < -0.39 is 212 Å². The van der Waals surface area contributed by atoms with Gasteiger partial charge >= 0.3 is 116 Å². The number of alkyl halides is 18. The second-order valence-electron chi connectivity index (χ2n) is 29.2. The second-order valence-corrected chi connectivity index (χ2v) is 30.4. The van der Waals surface area contributed by atoms with Crippen LogP contribution in [0.25, 0.3) is 0 Å². The number of aliphatic hydroxyl groups excluding tert-OH is 1. The van der Waals surface area contributed by atoms with Gasteiger partial charge in [0.2, 0.25) is 0 Å². The van der Waals surface area contributed by atoms with Crippen LogP contribution < -0.4 is 16.4 Å². The third kappa shape index (κ3) is 40.2. The Labute approximate surface area is 840 Å². The predicted octanol–water partition coefficient (Wildman–Crippen LogP) is 19.6. The van der Waals surface area contributed by atoms with E-state index in [1.807, 2.05) is 0 Å². The second kappa shape index (κ2) is 59.5. The first kappa shape index (κ1) is 136. The fourth-order valence-electron chi connectivity index (χ4n) is 14.5. The largest absolute Gasteiger partial charge is 3.00 e. The van der Waals surface area contributed by atoms with Crippen molar-refractivity contribution in [1.82, 2.24) is 10.6 Å². The van der Waals surface area contributed by atoms with Crippen molar-refractivity contribution in [2.75, 3.05) is 28.3 Å². The molecule has 1 saturated heterocycles. The summed E-state index contributed by atoms with van der Waals surface area (Å²) in [5.74, 6) is -9.02. The van der Waals surface area contributed by atoms with Gasteiger partial charge < -0.3 is 75.9 Å². The molecule has 9 aromatic carbocycles. The van der Waals surface area contributed by atoms with Crippen molar-refractivity contribution >= 4 is 49.2 Å². The molecular weight excluding hydrogens is 2250 g/mol. The van der Waals surface area contributed by atoms with E-state index >= 15 is 0 Å². The summed E-state index contributed by atoms with van der Waals surface area (Å²) in [5, 5.41) is 30.5. The Balaban J connectivity index is 0. The number of aliphatic hydroxyl groups is 3. The molecule has 0 amide bonds. The monoisotopic (exact) mass is 2330 g/mol. The van der Waals surface area contributed by atoms with Gasteiger partial charge in [-0.15, -0.1) is 37.9 Å². The zero-order valence-corrected chi connectivity index (χ0v) is 78.1. The standard InChI is InChI=1S/2C28H25F8NO2.C27H20F8O2.3CF3.CH5N.CH4O.3O3S.Yb/c2*1-17-12-20(14-22(30)13-17)25(15-18-6-4-3-5-7-18,19-8-10-21(29)11-9-19)16-23(38)24(37-2)26(39,27(31,32)33)28(34,35)36;1-16-11-19(13-21(29)12-16)24(14-17-5-3-2-4-6-17,18-7-9-20(28)10-8-18)15-22(36)23-25(37-23,26(30,31)32)27(33,34)35;3*2-1(3)4;2*1-2;3*1-4(2)3;/h2*3-14,24,37,39H,15-16H2,1-2H3;2-13,23H,14-15H2,1H3;;;;2H2,1H3;2H,1H3;;;;/q;;;3*-1;;;;;;+3/t24-,25+;24-,25-;23?,24-;;;;;;;;;/m011........./s1. The van der Waals surface area contributed by atoms with Gasteiger partial charge in [0.1, 0.15) is 47.0 Å². The number of benzene rings is 9. The van der Waals surface area contributed by atoms with Gasteiger partial charge in [0.15, 0.2) is 43.5 Å². The summed E-state index contributed by atoms with van der Waals surface area (Å²) in [6.07, 6.45) is -43.1. The van der Waals surface area contributed by atoms with E-state index in [0.29, 0.717) is 47.5 Å². The summed E-state index contributed by atoms with van der Waals surface area (Å²) < 4.78 is 497. The number of Topliss-reactive ketones (excluding diaryl/α,β-unsaturated/α-hetero) is 3. The maximum atomic E-state index is 14.6. The molecule has 805 valence electrons. The summed E-state index contributed by atoms with van der Waals surface area (Å²) >= 11 is 0. The minimum absolute atomic E-state index is 0. The Bertz CT molecular complexity index is 5430. The molecule has 7 N–H and O–H groups in total. The number of halogens is 33. The molecule has 56 heteroatoms. The topological polar surface area (TPSA) is 328 Å². The Morgan fingerprint density at radius 1 is 0.347 bits per heavy atom. The number of epoxide rings is 1. The molecule has 10 rings (SSSR count). The van der Waals surface area contributed by atoms with Crippen molar-refractivity contribution < 1.29 is 264 Å². The summed E-state index contributed by atoms with van der Waals surface area (Å²) in [6, 6.07) is 43.0. The molecule has 1 aliphatic heterocycles. The smallest absolute Gasteiger partial charge is 0.400 e. The average Bonchev–Trinajstić information content (AvgIpc) is 1.28. The van der Waals surface area contributed by atoms with Gasteiger partial charge in [-0.3, -0.25) is 14.4 Å². The Hall–Kier alpha value is -10.2. The molecule has 19 nitrogen and oxygen atoms in total. The van der Waals surface area contributed by atoms with Crippen LogP contribution in [0, 0.1) is 123 Å². The van der Waals surface area contributed by atoms with Gasteiger partial charge in [0.25, 0.3) is 16.8 Å². The summed E-state index contributed by atoms with van der Waals surface area (Å²) in [6.45, 7) is -4.65. The zero-order chi connectivity index (χ0) is 111. The first-order valence-electron chi connectivity index (χ1n) is 38.7. The third-order valence-electron chi connectivity index (χ3n) is 20.0. The van der Waals surface area contributed by atoms with Crippen molar-refractivity contribution in [2.24, 2.45) is 5.73 Å². The van der Waals surface area contributed by atoms with Crippen LogP contribution in [0.5, 0.6) is 0 Å². The van der Waals surface area contributed by atoms with E-state index in [0.717, 1.165) is 73.8 Å². The molecule has 0 saturated carbocycles. The number of carbonyl (C=O) groups excluding carboxylic acids is 3. The van der Waals surface area contributed by atoms with Crippen LogP contribution in [0.4, 0.5) is 145 Å². The van der Waals surface area contributed by atoms with Gasteiger partial charge in [0.05, 0.1) is 0 Å². The van der Waals surface area contributed by atoms with Gasteiger partial charge in [0, 0.05) is 42.6 Å². The molecule has 1 unspecified atom stereocenters. The van der Waals surface area contributed by atoms with Crippen LogP contribution in [0.15, 0.2) is 218 Å². The van der Waals surface area contributed by atoms with Crippen molar-refractivity contribution in [3.05, 3.63) is 340 Å². The number of carbonyl (C=O) groups is 3. The summed E-state index contributed by atoms with van der Waals surface area (Å²) in [4.78, 5) is 40.2. The van der Waals surface area contributed by atoms with E-state index in [4.69, 9.17) is 43.0 Å². The molecule has 1 heterocycles. The van der Waals surface area contributed by atoms with E-state index in [1.165, 1.54) is 81.6 Å². The van der Waals surface area contributed by atoms with Crippen LogP contribution in [-0.4, -0.2) is 171 Å². The van der Waals surface area contributed by atoms with Crippen LogP contribution in [-0.2, 0) is 86.5 Å². The SMILES string of the molecule is CN.CN[C@@H](C(=O)C[C@](Cc1ccccc1)(c1ccc(F)cc1)c1cc(C)cc(F)c1)C(O)(C(F)(F)F)C(F)(F)F.CN[C@H](C(=O)C[C@](Cc1ccccc1)(c1ccc(F)cc1)c1cc(C)cc(F)c1)C(O)(C(F)(F)F)C(F)(F)F.CO.Cc1cc(F)cc([C@@](CC(=O)C2OC2(C(F)(F)F)C(F)(F)F)(Cc2ccccc2)c2ccc(F)cc2)c1.F[C-](F)F.F[C-](F)F.F[C-](F)F.O=S(=O)=O.O=S(=O)=O.O=S(=O)=O.[Yb+3]. The zero-order valence-electron chi connectivity index (χ0n) is 74.0. The Morgan fingerprint density at radius 3 is 0.708 bits per heavy atom. The maximum absolute atomic E-state index is 14.6. The van der Waals surface area contributed by atoms with Gasteiger partial charge in [-0.1, -0.05) is 146 Å². The van der Waals surface area contributed by atoms with Crippen molar-refractivity contribution in [3.8, 4) is 0 Å². The number of nitrogens with one attached hydrogen (secondary N) is 2. The number of rotatable bonds is 25. The van der Waals surface area contributed by atoms with Gasteiger partial charge in [-0.05, 0) is 201 Å².